The number of halogens is 6. The van der Waals surface area contributed by atoms with Crippen LogP contribution in [-0.2, 0) is 18.9 Å². The van der Waals surface area contributed by atoms with E-state index in [0.29, 0.717) is 44.9 Å². The molecule has 2 heterocycles. The third kappa shape index (κ3) is 5.62. The van der Waals surface area contributed by atoms with Crippen LogP contribution < -0.4 is 5.32 Å². The number of nitrogens with one attached hydrogen (secondary N) is 1. The van der Waals surface area contributed by atoms with Crippen molar-refractivity contribution in [2.24, 2.45) is 0 Å². The lowest BCUT2D eigenvalue weighted by molar-refractivity contribution is -0.143. The number of carbonyl (C=O) groups is 1. The number of urea groups is 1. The van der Waals surface area contributed by atoms with Gasteiger partial charge < -0.3 is 10.2 Å². The summed E-state index contributed by atoms with van der Waals surface area (Å²) >= 11 is 0. The molecule has 0 saturated carbocycles. The molecule has 1 N–H and O–H groups in total. The second-order valence-electron chi connectivity index (χ2n) is 6.84. The summed E-state index contributed by atoms with van der Waals surface area (Å²) in [6.07, 6.45) is -6.61. The normalized spacial score (nSPS) is 15.9. The van der Waals surface area contributed by atoms with Crippen molar-refractivity contribution in [1.29, 1.82) is 0 Å². The summed E-state index contributed by atoms with van der Waals surface area (Å²) in [6.45, 7) is 2.28. The Labute approximate surface area is 168 Å². The van der Waals surface area contributed by atoms with Gasteiger partial charge in [-0.2, -0.15) is 26.3 Å². The minimum atomic E-state index is -4.97. The number of hydrogen-bond donors (Lipinski definition) is 1. The maximum atomic E-state index is 13.0. The Balaban J connectivity index is 1.65. The van der Waals surface area contributed by atoms with E-state index in [1.54, 1.807) is 12.4 Å². The Bertz CT molecular complexity index is 845. The minimum absolute atomic E-state index is 0.0214. The molecule has 1 saturated heterocycles. The first-order valence-electron chi connectivity index (χ1n) is 8.99. The largest absolute Gasteiger partial charge is 0.416 e. The van der Waals surface area contributed by atoms with Gasteiger partial charge in [-0.1, -0.05) is 0 Å². The van der Waals surface area contributed by atoms with Crippen molar-refractivity contribution in [3.05, 3.63) is 59.4 Å². The molecule has 1 aliphatic heterocycles. The first-order valence-corrected chi connectivity index (χ1v) is 8.99. The van der Waals surface area contributed by atoms with Crippen molar-refractivity contribution in [2.45, 2.75) is 18.9 Å². The van der Waals surface area contributed by atoms with E-state index in [1.807, 2.05) is 12.1 Å². The van der Waals surface area contributed by atoms with Gasteiger partial charge in [0.25, 0.3) is 0 Å². The third-order valence-electron chi connectivity index (χ3n) is 4.65. The van der Waals surface area contributed by atoms with Crippen LogP contribution >= 0.6 is 0 Å². The number of amides is 2. The smallest absolute Gasteiger partial charge is 0.322 e. The van der Waals surface area contributed by atoms with E-state index in [1.165, 1.54) is 4.90 Å². The van der Waals surface area contributed by atoms with Crippen LogP contribution in [0.15, 0.2) is 42.7 Å². The van der Waals surface area contributed by atoms with E-state index in [2.05, 4.69) is 15.2 Å². The molecule has 0 aliphatic carbocycles. The lowest BCUT2D eigenvalue weighted by Gasteiger charge is -2.34. The van der Waals surface area contributed by atoms with Crippen molar-refractivity contribution in [2.75, 3.05) is 31.5 Å². The molecule has 0 atom stereocenters. The van der Waals surface area contributed by atoms with Gasteiger partial charge in [-0.3, -0.25) is 9.88 Å². The van der Waals surface area contributed by atoms with Gasteiger partial charge in [0.05, 0.1) is 11.1 Å². The van der Waals surface area contributed by atoms with E-state index in [9.17, 15) is 31.1 Å². The zero-order valence-corrected chi connectivity index (χ0v) is 15.6. The van der Waals surface area contributed by atoms with Crippen molar-refractivity contribution in [1.82, 2.24) is 14.8 Å². The number of aromatic nitrogens is 1. The number of pyridine rings is 1. The summed E-state index contributed by atoms with van der Waals surface area (Å²) in [7, 11) is 0. The molecular weight excluding hydrogens is 414 g/mol. The highest BCUT2D eigenvalue weighted by Gasteiger charge is 2.37. The Morgan fingerprint density at radius 2 is 1.43 bits per heavy atom. The number of anilines is 1. The van der Waals surface area contributed by atoms with E-state index < -0.39 is 35.2 Å². The van der Waals surface area contributed by atoms with Crippen LogP contribution in [0.4, 0.5) is 36.8 Å². The summed E-state index contributed by atoms with van der Waals surface area (Å²) in [4.78, 5) is 19.8. The highest BCUT2D eigenvalue weighted by Crippen LogP contribution is 2.37. The second kappa shape index (κ2) is 8.50. The number of hydrogen-bond acceptors (Lipinski definition) is 3. The van der Waals surface area contributed by atoms with Crippen LogP contribution in [-0.4, -0.2) is 47.0 Å². The molecule has 30 heavy (non-hydrogen) atoms. The molecule has 11 heteroatoms. The predicted molar refractivity (Wildman–Crippen MR) is 96.6 cm³/mol. The van der Waals surface area contributed by atoms with Crippen molar-refractivity contribution in [3.8, 4) is 0 Å². The average Bonchev–Trinajstić information content (AvgIpc) is 2.68. The molecule has 1 fully saturated rings. The van der Waals surface area contributed by atoms with Gasteiger partial charge in [0.2, 0.25) is 0 Å². The molecule has 5 nitrogen and oxygen atoms in total. The lowest BCUT2D eigenvalue weighted by atomic mass is 10.1. The Kier molecular flexibility index (Phi) is 6.20. The predicted octanol–water partition coefficient (Wildman–Crippen LogP) is 4.47. The van der Waals surface area contributed by atoms with Gasteiger partial charge in [0, 0.05) is 50.8 Å². The Morgan fingerprint density at radius 1 is 0.900 bits per heavy atom. The maximum Gasteiger partial charge on any atom is 0.416 e. The molecule has 0 bridgehead atoms. The zero-order valence-electron chi connectivity index (χ0n) is 15.6. The molecule has 162 valence electrons. The lowest BCUT2D eigenvalue weighted by Crippen LogP contribution is -2.49. The summed E-state index contributed by atoms with van der Waals surface area (Å²) in [5.74, 6) is 0. The van der Waals surface area contributed by atoms with Gasteiger partial charge >= 0.3 is 18.4 Å². The number of carbonyl (C=O) groups excluding carboxylic acids is 1. The van der Waals surface area contributed by atoms with Crippen molar-refractivity contribution in [3.63, 3.8) is 0 Å². The summed E-state index contributed by atoms with van der Waals surface area (Å²) in [5, 5.41) is 2.16. The Hall–Kier alpha value is -2.82. The van der Waals surface area contributed by atoms with Crippen LogP contribution in [0.25, 0.3) is 0 Å². The summed E-state index contributed by atoms with van der Waals surface area (Å²) in [6, 6.07) is 3.99. The van der Waals surface area contributed by atoms with Crippen LogP contribution in [0.3, 0.4) is 0 Å². The van der Waals surface area contributed by atoms with Crippen molar-refractivity contribution < 1.29 is 31.1 Å². The van der Waals surface area contributed by atoms with E-state index in [0.717, 1.165) is 5.56 Å². The van der Waals surface area contributed by atoms with E-state index in [-0.39, 0.29) is 6.07 Å². The number of piperazine rings is 1. The molecule has 0 spiro atoms. The molecule has 0 unspecified atom stereocenters. The molecular formula is C19H18F6N4O. The fraction of sp³-hybridized carbons (Fsp3) is 0.368. The maximum absolute atomic E-state index is 13.0. The summed E-state index contributed by atoms with van der Waals surface area (Å²) < 4.78 is 77.7. The van der Waals surface area contributed by atoms with Gasteiger partial charge in [0.15, 0.2) is 0 Å². The highest BCUT2D eigenvalue weighted by atomic mass is 19.4. The fourth-order valence-electron chi connectivity index (χ4n) is 3.09. The third-order valence-corrected chi connectivity index (χ3v) is 4.65. The van der Waals surface area contributed by atoms with Gasteiger partial charge in [-0.05, 0) is 35.9 Å². The molecule has 2 amide bonds. The first-order chi connectivity index (χ1) is 14.0. The van der Waals surface area contributed by atoms with E-state index >= 15 is 0 Å². The number of nitrogens with zero attached hydrogens (tertiary/aromatic N) is 3. The van der Waals surface area contributed by atoms with Gasteiger partial charge in [-0.25, -0.2) is 4.79 Å². The molecule has 3 rings (SSSR count). The summed E-state index contributed by atoms with van der Waals surface area (Å²) in [5.41, 5.74) is -2.46. The van der Waals surface area contributed by atoms with Gasteiger partial charge in [-0.15, -0.1) is 0 Å². The highest BCUT2D eigenvalue weighted by molar-refractivity contribution is 5.89. The number of rotatable bonds is 3. The van der Waals surface area contributed by atoms with Crippen molar-refractivity contribution >= 4 is 11.7 Å². The molecule has 1 aromatic heterocycles. The standard InChI is InChI=1S/C19H18F6N4O/c20-18(21,22)14-9-15(19(23,24)25)11-16(10-14)27-17(30)29-7-5-28(6-8-29)12-13-1-3-26-4-2-13/h1-4,9-11H,5-8,12H2,(H,27,30). The van der Waals surface area contributed by atoms with Crippen LogP contribution in [0, 0.1) is 0 Å². The minimum Gasteiger partial charge on any atom is -0.322 e. The molecule has 2 aromatic rings. The Morgan fingerprint density at radius 3 is 1.93 bits per heavy atom. The fourth-order valence-corrected chi connectivity index (χ4v) is 3.09. The molecule has 1 aliphatic rings. The second-order valence-corrected chi connectivity index (χ2v) is 6.84. The quantitative estimate of drug-likeness (QED) is 0.729. The van der Waals surface area contributed by atoms with Gasteiger partial charge in [0.1, 0.15) is 0 Å². The van der Waals surface area contributed by atoms with Crippen LogP contribution in [0.1, 0.15) is 16.7 Å². The number of benzene rings is 1. The monoisotopic (exact) mass is 432 g/mol. The SMILES string of the molecule is O=C(Nc1cc(C(F)(F)F)cc(C(F)(F)F)c1)N1CCN(Cc2ccncc2)CC1. The molecule has 1 aromatic carbocycles. The molecule has 0 radical (unpaired) electrons. The van der Waals surface area contributed by atoms with Crippen LogP contribution in [0.2, 0.25) is 0 Å². The zero-order chi connectivity index (χ0) is 21.9. The number of alkyl halides is 6. The van der Waals surface area contributed by atoms with E-state index in [4.69, 9.17) is 0 Å². The van der Waals surface area contributed by atoms with Crippen LogP contribution in [0.5, 0.6) is 0 Å². The average molecular weight is 432 g/mol. The topological polar surface area (TPSA) is 48.5 Å². The first kappa shape index (κ1) is 21.9.